The van der Waals surface area contributed by atoms with Gasteiger partial charge >= 0.3 is 0 Å². The van der Waals surface area contributed by atoms with Crippen LogP contribution in [-0.4, -0.2) is 46.4 Å². The minimum Gasteiger partial charge on any atom is -0.328 e. The number of H-pyrrole nitrogens is 1. The summed E-state index contributed by atoms with van der Waals surface area (Å²) in [4.78, 5) is 11.8. The zero-order valence-corrected chi connectivity index (χ0v) is 17.4. The molecule has 1 saturated heterocycles. The molecule has 5 heterocycles. The predicted molar refractivity (Wildman–Crippen MR) is 114 cm³/mol. The molecule has 0 saturated carbocycles. The second-order valence-electron chi connectivity index (χ2n) is 7.68. The van der Waals surface area contributed by atoms with Crippen LogP contribution in [0.3, 0.4) is 0 Å². The maximum absolute atomic E-state index is 4.68. The number of fused-ring (bicyclic) bond motifs is 1. The Balaban J connectivity index is 1.40. The fourth-order valence-electron chi connectivity index (χ4n) is 3.96. The van der Waals surface area contributed by atoms with Crippen LogP contribution in [0.25, 0.3) is 16.9 Å². The Kier molecular flexibility index (Phi) is 4.76. The van der Waals surface area contributed by atoms with Gasteiger partial charge in [0, 0.05) is 30.5 Å². The van der Waals surface area contributed by atoms with Gasteiger partial charge in [0.1, 0.15) is 5.00 Å². The lowest BCUT2D eigenvalue weighted by atomic mass is 10.0. The van der Waals surface area contributed by atoms with Gasteiger partial charge in [-0.15, -0.1) is 0 Å². The summed E-state index contributed by atoms with van der Waals surface area (Å²) >= 11 is 1.47. The largest absolute Gasteiger partial charge is 0.328 e. The zero-order valence-electron chi connectivity index (χ0n) is 16.6. The van der Waals surface area contributed by atoms with Crippen molar-refractivity contribution in [2.24, 2.45) is 0 Å². The third-order valence-corrected chi connectivity index (χ3v) is 6.26. The Morgan fingerprint density at radius 3 is 3.07 bits per heavy atom. The summed E-state index contributed by atoms with van der Waals surface area (Å²) < 4.78 is 6.71. The van der Waals surface area contributed by atoms with Crippen molar-refractivity contribution in [2.75, 3.05) is 11.9 Å². The van der Waals surface area contributed by atoms with Crippen LogP contribution in [0.1, 0.15) is 37.6 Å². The first-order valence-corrected chi connectivity index (χ1v) is 10.8. The number of nitrogens with one attached hydrogen (secondary N) is 2. The van der Waals surface area contributed by atoms with Gasteiger partial charge in [-0.1, -0.05) is 6.42 Å². The number of aryl methyl sites for hydroxylation is 1. The van der Waals surface area contributed by atoms with Gasteiger partial charge in [0.25, 0.3) is 0 Å². The monoisotopic (exact) mass is 408 g/mol. The summed E-state index contributed by atoms with van der Waals surface area (Å²) in [7, 11) is 0. The van der Waals surface area contributed by atoms with Crippen LogP contribution < -0.4 is 5.32 Å². The van der Waals surface area contributed by atoms with Gasteiger partial charge < -0.3 is 5.32 Å². The van der Waals surface area contributed by atoms with E-state index >= 15 is 0 Å². The number of aromatic amines is 1. The predicted octanol–water partition coefficient (Wildman–Crippen LogP) is 4.00. The molecule has 2 N–H and O–H groups in total. The van der Waals surface area contributed by atoms with Crippen molar-refractivity contribution in [1.82, 2.24) is 33.8 Å². The normalized spacial score (nSPS) is 17.8. The molecule has 1 aliphatic heterocycles. The minimum atomic E-state index is 0.631. The molecule has 150 valence electrons. The molecule has 4 aromatic heterocycles. The summed E-state index contributed by atoms with van der Waals surface area (Å²) in [6, 6.07) is 2.76. The first kappa shape index (κ1) is 18.3. The number of nitrogens with zero attached hydrogens (tertiary/aromatic N) is 6. The molecule has 0 bridgehead atoms. The van der Waals surface area contributed by atoms with Crippen LogP contribution in [0.5, 0.6) is 0 Å². The minimum absolute atomic E-state index is 0.631. The molecule has 8 nitrogen and oxygen atoms in total. The molecular weight excluding hydrogens is 384 g/mol. The molecule has 9 heteroatoms. The highest BCUT2D eigenvalue weighted by atomic mass is 32.1. The smallest absolute Gasteiger partial charge is 0.180 e. The first-order valence-electron chi connectivity index (χ1n) is 9.98. The van der Waals surface area contributed by atoms with E-state index < -0.39 is 0 Å². The molecule has 0 spiro atoms. The van der Waals surface area contributed by atoms with Crippen LogP contribution in [0.15, 0.2) is 30.9 Å². The van der Waals surface area contributed by atoms with Gasteiger partial charge in [0.15, 0.2) is 11.5 Å². The molecule has 1 atom stereocenters. The lowest BCUT2D eigenvalue weighted by Crippen LogP contribution is -2.36. The van der Waals surface area contributed by atoms with Gasteiger partial charge in [-0.05, 0) is 50.8 Å². The average Bonchev–Trinajstić information content (AvgIpc) is 3.44. The van der Waals surface area contributed by atoms with Gasteiger partial charge in [-0.25, -0.2) is 9.97 Å². The fourth-order valence-corrected chi connectivity index (χ4v) is 4.62. The van der Waals surface area contributed by atoms with Crippen molar-refractivity contribution in [1.29, 1.82) is 0 Å². The lowest BCUT2D eigenvalue weighted by Gasteiger charge is -2.32. The summed E-state index contributed by atoms with van der Waals surface area (Å²) in [6.45, 7) is 6.37. The summed E-state index contributed by atoms with van der Waals surface area (Å²) in [5.74, 6) is 0.737. The molecule has 0 aromatic carbocycles. The quantitative estimate of drug-likeness (QED) is 0.519. The first-order chi connectivity index (χ1) is 14.2. The van der Waals surface area contributed by atoms with E-state index in [4.69, 9.17) is 0 Å². The standard InChI is InChI=1S/C20H24N8S/c1-13-11-28-17(15-8-22-23-9-15)10-21-20(28)19(24-13)25-18-7-16(26-29-18)12-27-6-4-3-5-14(27)2/h7-11,14H,3-6,12H2,1-2H3,(H,22,23)(H,24,25). The number of piperidine rings is 1. The van der Waals surface area contributed by atoms with Crippen LogP contribution in [0.2, 0.25) is 0 Å². The SMILES string of the molecule is Cc1cn2c(-c3cn[nH]c3)cnc2c(Nc2cc(CN3CCCCC3C)ns2)n1. The van der Waals surface area contributed by atoms with E-state index in [1.165, 1.54) is 30.8 Å². The molecule has 5 rings (SSSR count). The molecule has 29 heavy (non-hydrogen) atoms. The van der Waals surface area contributed by atoms with Crippen LogP contribution in [-0.2, 0) is 6.54 Å². The number of hydrogen-bond donors (Lipinski definition) is 2. The van der Waals surface area contributed by atoms with Gasteiger partial charge in [-0.2, -0.15) is 9.47 Å². The van der Waals surface area contributed by atoms with Crippen LogP contribution in [0.4, 0.5) is 10.8 Å². The Morgan fingerprint density at radius 1 is 1.31 bits per heavy atom. The zero-order chi connectivity index (χ0) is 19.8. The van der Waals surface area contributed by atoms with Crippen molar-refractivity contribution < 1.29 is 0 Å². The molecule has 0 amide bonds. The fraction of sp³-hybridized carbons (Fsp3) is 0.400. The molecule has 1 fully saturated rings. The molecule has 0 radical (unpaired) electrons. The van der Waals surface area contributed by atoms with E-state index in [-0.39, 0.29) is 0 Å². The highest BCUT2D eigenvalue weighted by Gasteiger charge is 2.19. The summed E-state index contributed by atoms with van der Waals surface area (Å²) in [5.41, 5.74) is 4.77. The third kappa shape index (κ3) is 3.63. The van der Waals surface area contributed by atoms with Crippen molar-refractivity contribution >= 4 is 28.0 Å². The second-order valence-corrected chi connectivity index (χ2v) is 8.48. The Labute approximate surface area is 173 Å². The maximum atomic E-state index is 4.68. The van der Waals surface area contributed by atoms with E-state index in [1.54, 1.807) is 6.20 Å². The summed E-state index contributed by atoms with van der Waals surface area (Å²) in [5, 5.41) is 11.3. The van der Waals surface area contributed by atoms with Crippen LogP contribution in [0, 0.1) is 6.92 Å². The molecular formula is C20H24N8S. The number of hydrogen-bond acceptors (Lipinski definition) is 7. The number of likely N-dealkylation sites (tertiary alicyclic amines) is 1. The van der Waals surface area contributed by atoms with Gasteiger partial charge in [0.2, 0.25) is 0 Å². The van der Waals surface area contributed by atoms with Gasteiger partial charge in [0.05, 0.1) is 29.5 Å². The maximum Gasteiger partial charge on any atom is 0.180 e. The number of rotatable bonds is 5. The highest BCUT2D eigenvalue weighted by molar-refractivity contribution is 7.10. The Morgan fingerprint density at radius 2 is 2.24 bits per heavy atom. The Bertz CT molecular complexity index is 1110. The number of imidazole rings is 1. The second kappa shape index (κ2) is 7.57. The van der Waals surface area contributed by atoms with Crippen molar-refractivity contribution in [3.63, 3.8) is 0 Å². The van der Waals surface area contributed by atoms with E-state index in [1.807, 2.05) is 29.9 Å². The Hall–Kier alpha value is -2.78. The van der Waals surface area contributed by atoms with Crippen LogP contribution >= 0.6 is 11.5 Å². The number of aromatic nitrogens is 6. The number of anilines is 2. The van der Waals surface area contributed by atoms with E-state index in [0.29, 0.717) is 6.04 Å². The molecule has 1 aliphatic rings. The van der Waals surface area contributed by atoms with Crippen molar-refractivity contribution in [3.05, 3.63) is 42.2 Å². The highest BCUT2D eigenvalue weighted by Crippen LogP contribution is 2.28. The van der Waals surface area contributed by atoms with E-state index in [0.717, 1.165) is 52.2 Å². The van der Waals surface area contributed by atoms with E-state index in [2.05, 4.69) is 47.7 Å². The molecule has 0 aliphatic carbocycles. The third-order valence-electron chi connectivity index (χ3n) is 5.51. The van der Waals surface area contributed by atoms with Crippen molar-refractivity contribution in [3.8, 4) is 11.3 Å². The van der Waals surface area contributed by atoms with E-state index in [9.17, 15) is 0 Å². The van der Waals surface area contributed by atoms with Gasteiger partial charge in [-0.3, -0.25) is 14.4 Å². The lowest BCUT2D eigenvalue weighted by molar-refractivity contribution is 0.151. The molecule has 4 aromatic rings. The average molecular weight is 409 g/mol. The topological polar surface area (TPSA) is 87.0 Å². The van der Waals surface area contributed by atoms with Crippen molar-refractivity contribution in [2.45, 2.75) is 45.7 Å². The molecule has 1 unspecified atom stereocenters. The summed E-state index contributed by atoms with van der Waals surface area (Å²) in [6.07, 6.45) is 11.4.